The fourth-order valence-corrected chi connectivity index (χ4v) is 7.47. The molecule has 3 rings (SSSR count). The van der Waals surface area contributed by atoms with Gasteiger partial charge in [0.15, 0.2) is 0 Å². The van der Waals surface area contributed by atoms with Crippen LogP contribution in [0.3, 0.4) is 0 Å². The number of hydrogen-bond acceptors (Lipinski definition) is 3. The van der Waals surface area contributed by atoms with E-state index in [1.807, 2.05) is 25.1 Å². The van der Waals surface area contributed by atoms with Gasteiger partial charge in [-0.3, -0.25) is 0 Å². The number of nitrogens with zero attached hydrogens (tertiary/aromatic N) is 2. The van der Waals surface area contributed by atoms with Crippen LogP contribution in [0.25, 0.3) is 0 Å². The molecule has 0 saturated heterocycles. The maximum absolute atomic E-state index is 9.36. The Morgan fingerprint density at radius 2 is 1.29 bits per heavy atom. The van der Waals surface area contributed by atoms with E-state index in [9.17, 15) is 5.26 Å². The lowest BCUT2D eigenvalue weighted by molar-refractivity contribution is 0.346. The lowest BCUT2D eigenvalue weighted by atomic mass is 9.98. The summed E-state index contributed by atoms with van der Waals surface area (Å²) in [5.74, 6) is 0.0783. The minimum atomic E-state index is -2.82. The van der Waals surface area contributed by atoms with Gasteiger partial charge in [-0.2, -0.15) is 5.26 Å². The highest BCUT2D eigenvalue weighted by Crippen LogP contribution is 2.14. The van der Waals surface area contributed by atoms with Gasteiger partial charge in [-0.1, -0.05) is 104 Å². The average Bonchev–Trinajstić information content (AvgIpc) is 2.84. The molecule has 0 spiro atoms. The average molecular weight is 427 g/mol. The fourth-order valence-electron chi connectivity index (χ4n) is 3.87. The Kier molecular flexibility index (Phi) is 8.20. The van der Waals surface area contributed by atoms with Crippen molar-refractivity contribution in [2.75, 3.05) is 0 Å². The summed E-state index contributed by atoms with van der Waals surface area (Å²) in [6.45, 7) is 4.12. The zero-order valence-electron chi connectivity index (χ0n) is 18.4. The Morgan fingerprint density at radius 3 is 1.68 bits per heavy atom. The molecule has 0 aliphatic rings. The van der Waals surface area contributed by atoms with Crippen molar-refractivity contribution in [3.63, 3.8) is 0 Å². The predicted octanol–water partition coefficient (Wildman–Crippen LogP) is 4.77. The Balaban J connectivity index is 2.01. The highest BCUT2D eigenvalue weighted by atomic mass is 28.4. The van der Waals surface area contributed by atoms with Crippen LogP contribution >= 0.6 is 0 Å². The van der Waals surface area contributed by atoms with Gasteiger partial charge in [0, 0.05) is 5.92 Å². The molecule has 4 heteroatoms. The van der Waals surface area contributed by atoms with Crippen LogP contribution in [0.5, 0.6) is 0 Å². The third kappa shape index (κ3) is 5.51. The van der Waals surface area contributed by atoms with Gasteiger partial charge in [-0.05, 0) is 41.7 Å². The van der Waals surface area contributed by atoms with E-state index in [1.165, 1.54) is 0 Å². The van der Waals surface area contributed by atoms with E-state index in [4.69, 9.17) is 4.53 Å². The van der Waals surface area contributed by atoms with Crippen LogP contribution in [0.1, 0.15) is 39.5 Å². The summed E-state index contributed by atoms with van der Waals surface area (Å²) in [4.78, 5) is 0. The Morgan fingerprint density at radius 1 is 0.839 bits per heavy atom. The zero-order chi connectivity index (χ0) is 21.9. The van der Waals surface area contributed by atoms with Crippen LogP contribution in [0.4, 0.5) is 0 Å². The van der Waals surface area contributed by atoms with Crippen LogP contribution < -0.4 is 15.6 Å². The molecule has 3 aromatic carbocycles. The van der Waals surface area contributed by atoms with Gasteiger partial charge < -0.3 is 4.53 Å². The molecular formula is C27H30N2OSi. The summed E-state index contributed by atoms with van der Waals surface area (Å²) in [6, 6.07) is 33.7. The summed E-state index contributed by atoms with van der Waals surface area (Å²) in [6.07, 6.45) is 3.54. The first kappa shape index (κ1) is 22.5. The maximum Gasteiger partial charge on any atom is 0.380 e. The number of benzene rings is 3. The van der Waals surface area contributed by atoms with Crippen LogP contribution in [0.15, 0.2) is 96.2 Å². The van der Waals surface area contributed by atoms with Crippen LogP contribution in [-0.4, -0.2) is 14.0 Å². The van der Waals surface area contributed by atoms with Gasteiger partial charge in [0.2, 0.25) is 0 Å². The molecule has 0 amide bonds. The largest absolute Gasteiger partial charge is 0.438 e. The molecule has 1 atom stereocenters. The van der Waals surface area contributed by atoms with Crippen LogP contribution in [0, 0.1) is 17.2 Å². The molecule has 31 heavy (non-hydrogen) atoms. The molecule has 3 aromatic rings. The quantitative estimate of drug-likeness (QED) is 0.203. The van der Waals surface area contributed by atoms with Crippen molar-refractivity contribution in [3.8, 4) is 6.07 Å². The van der Waals surface area contributed by atoms with Gasteiger partial charge in [0.05, 0.1) is 11.8 Å². The molecule has 3 nitrogen and oxygen atoms in total. The summed E-state index contributed by atoms with van der Waals surface area (Å²) in [5, 5.41) is 17.5. The van der Waals surface area contributed by atoms with E-state index in [-0.39, 0.29) is 5.92 Å². The molecule has 0 heterocycles. The molecule has 0 bridgehead atoms. The molecule has 1 unspecified atom stereocenters. The second-order valence-electron chi connectivity index (χ2n) is 7.85. The van der Waals surface area contributed by atoms with Gasteiger partial charge in [-0.15, -0.1) is 5.16 Å². The van der Waals surface area contributed by atoms with Crippen molar-refractivity contribution in [2.24, 2.45) is 11.1 Å². The molecule has 0 aliphatic carbocycles. The van der Waals surface area contributed by atoms with E-state index in [1.54, 1.807) is 0 Å². The number of hydrogen-bond donors (Lipinski definition) is 0. The van der Waals surface area contributed by atoms with E-state index in [0.29, 0.717) is 0 Å². The van der Waals surface area contributed by atoms with Crippen molar-refractivity contribution < 1.29 is 4.53 Å². The third-order valence-electron chi connectivity index (χ3n) is 5.55. The summed E-state index contributed by atoms with van der Waals surface area (Å²) >= 11 is 0. The normalized spacial score (nSPS) is 12.7. The molecule has 0 fully saturated rings. The number of oxime groups is 1. The molecule has 0 N–H and O–H groups in total. The van der Waals surface area contributed by atoms with Gasteiger partial charge in [0.25, 0.3) is 0 Å². The first-order chi connectivity index (χ1) is 15.2. The molecule has 0 saturated carbocycles. The lowest BCUT2D eigenvalue weighted by Crippen LogP contribution is -2.68. The fraction of sp³-hybridized carbons (Fsp3) is 0.259. The zero-order valence-corrected chi connectivity index (χ0v) is 19.4. The first-order valence-electron chi connectivity index (χ1n) is 11.0. The minimum absolute atomic E-state index is 0.0783. The lowest BCUT2D eigenvalue weighted by Gasteiger charge is -2.30. The Labute approximate surface area is 187 Å². The molecule has 0 radical (unpaired) electrons. The van der Waals surface area contributed by atoms with Crippen molar-refractivity contribution in [1.82, 2.24) is 0 Å². The van der Waals surface area contributed by atoms with E-state index in [0.717, 1.165) is 47.0 Å². The van der Waals surface area contributed by atoms with Crippen molar-refractivity contribution in [1.29, 1.82) is 5.26 Å². The monoisotopic (exact) mass is 426 g/mol. The number of nitriles is 1. The van der Waals surface area contributed by atoms with Crippen LogP contribution in [0.2, 0.25) is 0 Å². The smallest absolute Gasteiger partial charge is 0.380 e. The van der Waals surface area contributed by atoms with Crippen LogP contribution in [-0.2, 0) is 4.53 Å². The third-order valence-corrected chi connectivity index (χ3v) is 9.36. The van der Waals surface area contributed by atoms with Gasteiger partial charge >= 0.3 is 8.32 Å². The Bertz CT molecular complexity index is 901. The van der Waals surface area contributed by atoms with Gasteiger partial charge in [0.1, 0.15) is 0 Å². The van der Waals surface area contributed by atoms with E-state index < -0.39 is 8.32 Å². The minimum Gasteiger partial charge on any atom is -0.438 e. The molecular weight excluding hydrogens is 396 g/mol. The molecule has 158 valence electrons. The van der Waals surface area contributed by atoms with Gasteiger partial charge in [-0.25, -0.2) is 0 Å². The molecule has 0 aliphatic heterocycles. The first-order valence-corrected chi connectivity index (χ1v) is 12.9. The SMILES string of the molecule is CCCC(C#N)CC/C(C)=N/O[Si](c1ccccc1)(c1ccccc1)c1ccccc1. The predicted molar refractivity (Wildman–Crippen MR) is 131 cm³/mol. The molecule has 0 aromatic heterocycles. The van der Waals surface area contributed by atoms with Crippen molar-refractivity contribution in [3.05, 3.63) is 91.0 Å². The number of rotatable bonds is 10. The highest BCUT2D eigenvalue weighted by Gasteiger charge is 2.44. The van der Waals surface area contributed by atoms with E-state index in [2.05, 4.69) is 90.9 Å². The summed E-state index contributed by atoms with van der Waals surface area (Å²) < 4.78 is 6.62. The van der Waals surface area contributed by atoms with E-state index >= 15 is 0 Å². The summed E-state index contributed by atoms with van der Waals surface area (Å²) in [7, 11) is -2.82. The Hall–Kier alpha value is -3.16. The summed E-state index contributed by atoms with van der Waals surface area (Å²) in [5.41, 5.74) is 0.927. The van der Waals surface area contributed by atoms with Crippen molar-refractivity contribution in [2.45, 2.75) is 39.5 Å². The topological polar surface area (TPSA) is 45.4 Å². The van der Waals surface area contributed by atoms with Crippen molar-refractivity contribution >= 4 is 29.6 Å². The standard InChI is InChI=1S/C27H30N2OSi/c1-3-13-24(22-28)21-20-23(2)29-30-31(25-14-7-4-8-15-25,26-16-9-5-10-17-26)27-18-11-6-12-19-27/h4-12,14-19,24H,3,13,20-21H2,1-2H3/b29-23+. The second-order valence-corrected chi connectivity index (χ2v) is 11.1. The maximum atomic E-state index is 9.36. The second kappa shape index (κ2) is 11.3. The highest BCUT2D eigenvalue weighted by molar-refractivity contribution is 7.07.